The lowest BCUT2D eigenvalue weighted by Gasteiger charge is -2.20. The number of para-hydroxylation sites is 1. The Morgan fingerprint density at radius 2 is 1.77 bits per heavy atom. The van der Waals surface area contributed by atoms with Crippen LogP contribution in [0, 0.1) is 0 Å². The van der Waals surface area contributed by atoms with E-state index in [0.717, 1.165) is 24.2 Å². The molecule has 0 heterocycles. The fourth-order valence-corrected chi connectivity index (χ4v) is 5.31. The Kier molecular flexibility index (Phi) is 8.80. The van der Waals surface area contributed by atoms with Gasteiger partial charge in [-0.15, -0.1) is 0 Å². The highest BCUT2D eigenvalue weighted by atomic mass is 32.2. The molecule has 0 bridgehead atoms. The van der Waals surface area contributed by atoms with Crippen molar-refractivity contribution < 1.29 is 17.9 Å². The smallest absolute Gasteiger partial charge is 0.241 e. The summed E-state index contributed by atoms with van der Waals surface area (Å²) in [5, 5.41) is 2.89. The van der Waals surface area contributed by atoms with Crippen LogP contribution in [0.4, 0.5) is 0 Å². The van der Waals surface area contributed by atoms with Crippen LogP contribution in [0.3, 0.4) is 0 Å². The van der Waals surface area contributed by atoms with Crippen molar-refractivity contribution in [1.82, 2.24) is 10.0 Å². The first-order chi connectivity index (χ1) is 15.0. The van der Waals surface area contributed by atoms with Gasteiger partial charge in [-0.1, -0.05) is 36.4 Å². The molecule has 0 radical (unpaired) electrons. The number of thioether (sulfide) groups is 1. The lowest BCUT2D eigenvalue weighted by Crippen LogP contribution is -2.46. The quantitative estimate of drug-likeness (QED) is 0.532. The molecule has 8 heteroatoms. The Bertz CT molecular complexity index is 945. The van der Waals surface area contributed by atoms with Gasteiger partial charge in [0.05, 0.1) is 11.0 Å². The largest absolute Gasteiger partial charge is 0.490 e. The van der Waals surface area contributed by atoms with Gasteiger partial charge in [0.2, 0.25) is 15.9 Å². The number of hydrogen-bond acceptors (Lipinski definition) is 5. The molecular weight excluding hydrogens is 432 g/mol. The molecule has 1 unspecified atom stereocenters. The van der Waals surface area contributed by atoms with Crippen molar-refractivity contribution in [3.05, 3.63) is 60.2 Å². The first kappa shape index (κ1) is 23.6. The van der Waals surface area contributed by atoms with Gasteiger partial charge in [-0.25, -0.2) is 8.42 Å². The first-order valence-corrected chi connectivity index (χ1v) is 13.5. The number of ether oxygens (including phenoxy) is 1. The zero-order chi connectivity index (χ0) is 22.1. The zero-order valence-electron chi connectivity index (χ0n) is 17.8. The van der Waals surface area contributed by atoms with E-state index >= 15 is 0 Å². The Morgan fingerprint density at radius 3 is 2.48 bits per heavy atom. The Morgan fingerprint density at radius 1 is 1.10 bits per heavy atom. The van der Waals surface area contributed by atoms with E-state index in [9.17, 15) is 13.2 Å². The minimum absolute atomic E-state index is 0.146. The second-order valence-corrected chi connectivity index (χ2v) is 10.3. The summed E-state index contributed by atoms with van der Waals surface area (Å²) >= 11 is 1.57. The van der Waals surface area contributed by atoms with Gasteiger partial charge >= 0.3 is 0 Å². The minimum atomic E-state index is -3.79. The van der Waals surface area contributed by atoms with Crippen molar-refractivity contribution >= 4 is 27.7 Å². The van der Waals surface area contributed by atoms with Crippen molar-refractivity contribution in [3.63, 3.8) is 0 Å². The van der Waals surface area contributed by atoms with E-state index in [0.29, 0.717) is 12.2 Å². The number of rotatable bonds is 11. The van der Waals surface area contributed by atoms with Gasteiger partial charge in [0.25, 0.3) is 0 Å². The summed E-state index contributed by atoms with van der Waals surface area (Å²) in [6.07, 6.45) is 7.03. The standard InChI is InChI=1S/C23H30N2O4S2/c1-30-16-15-21(25-31(27,28)20-12-3-2-4-13-20)23(26)24-17-18-9-5-8-14-22(18)29-19-10-6-7-11-19/h2-5,8-9,12-14,19,21,25H,6-7,10-11,15-17H2,1H3,(H,24,26). The van der Waals surface area contributed by atoms with E-state index in [4.69, 9.17) is 4.74 Å². The van der Waals surface area contributed by atoms with E-state index in [1.165, 1.54) is 25.0 Å². The summed E-state index contributed by atoms with van der Waals surface area (Å²) in [7, 11) is -3.79. The average molecular weight is 463 g/mol. The van der Waals surface area contributed by atoms with E-state index in [1.807, 2.05) is 30.5 Å². The maximum atomic E-state index is 12.9. The van der Waals surface area contributed by atoms with Crippen LogP contribution in [0.1, 0.15) is 37.7 Å². The summed E-state index contributed by atoms with van der Waals surface area (Å²) in [4.78, 5) is 13.0. The van der Waals surface area contributed by atoms with E-state index in [-0.39, 0.29) is 23.5 Å². The SMILES string of the molecule is CSCCC(NS(=O)(=O)c1ccccc1)C(=O)NCc1ccccc1OC1CCCC1. The molecule has 2 aromatic carbocycles. The molecule has 1 amide bonds. The van der Waals surface area contributed by atoms with Crippen LogP contribution in [0.15, 0.2) is 59.5 Å². The summed E-state index contributed by atoms with van der Waals surface area (Å²) in [5.41, 5.74) is 0.886. The van der Waals surface area contributed by atoms with Crippen molar-refractivity contribution in [2.75, 3.05) is 12.0 Å². The molecule has 0 aliphatic heterocycles. The Labute approximate surface area is 189 Å². The van der Waals surface area contributed by atoms with E-state index < -0.39 is 16.1 Å². The molecule has 1 aliphatic rings. The van der Waals surface area contributed by atoms with Gasteiger partial charge < -0.3 is 10.1 Å². The molecule has 1 saturated carbocycles. The number of carbonyl (C=O) groups excluding carboxylic acids is 1. The van der Waals surface area contributed by atoms with E-state index in [1.54, 1.807) is 30.0 Å². The molecule has 6 nitrogen and oxygen atoms in total. The summed E-state index contributed by atoms with van der Waals surface area (Å²) in [6.45, 7) is 0.282. The van der Waals surface area contributed by atoms with Crippen LogP contribution in [0.2, 0.25) is 0 Å². The van der Waals surface area contributed by atoms with Crippen LogP contribution in [0.5, 0.6) is 5.75 Å². The van der Waals surface area contributed by atoms with Crippen molar-refractivity contribution in [3.8, 4) is 5.75 Å². The van der Waals surface area contributed by atoms with Crippen molar-refractivity contribution in [2.45, 2.75) is 55.7 Å². The topological polar surface area (TPSA) is 84.5 Å². The molecular formula is C23H30N2O4S2. The Hall–Kier alpha value is -2.03. The third-order valence-electron chi connectivity index (χ3n) is 5.30. The highest BCUT2D eigenvalue weighted by molar-refractivity contribution is 7.98. The molecule has 1 aliphatic carbocycles. The average Bonchev–Trinajstić information content (AvgIpc) is 3.29. The lowest BCUT2D eigenvalue weighted by molar-refractivity contribution is -0.122. The minimum Gasteiger partial charge on any atom is -0.490 e. The van der Waals surface area contributed by atoms with Gasteiger partial charge in [0.15, 0.2) is 0 Å². The summed E-state index contributed by atoms with van der Waals surface area (Å²) in [6, 6.07) is 14.9. The van der Waals surface area contributed by atoms with Gasteiger partial charge in [0.1, 0.15) is 11.8 Å². The van der Waals surface area contributed by atoms with Gasteiger partial charge in [-0.3, -0.25) is 4.79 Å². The van der Waals surface area contributed by atoms with Crippen LogP contribution < -0.4 is 14.8 Å². The molecule has 0 saturated heterocycles. The number of sulfonamides is 1. The summed E-state index contributed by atoms with van der Waals surface area (Å²) in [5.74, 6) is 1.10. The van der Waals surface area contributed by atoms with E-state index in [2.05, 4.69) is 10.0 Å². The van der Waals surface area contributed by atoms with Gasteiger partial charge in [-0.05, 0) is 62.3 Å². The van der Waals surface area contributed by atoms with Crippen molar-refractivity contribution in [1.29, 1.82) is 0 Å². The molecule has 0 aromatic heterocycles. The highest BCUT2D eigenvalue weighted by Crippen LogP contribution is 2.26. The first-order valence-electron chi connectivity index (χ1n) is 10.6. The number of benzene rings is 2. The molecule has 31 heavy (non-hydrogen) atoms. The number of nitrogens with one attached hydrogen (secondary N) is 2. The number of amides is 1. The van der Waals surface area contributed by atoms with Crippen LogP contribution in [0.25, 0.3) is 0 Å². The third-order valence-corrected chi connectivity index (χ3v) is 7.43. The number of carbonyl (C=O) groups is 1. The van der Waals surface area contributed by atoms with Gasteiger partial charge in [0, 0.05) is 12.1 Å². The highest BCUT2D eigenvalue weighted by Gasteiger charge is 2.25. The van der Waals surface area contributed by atoms with Gasteiger partial charge in [-0.2, -0.15) is 16.5 Å². The van der Waals surface area contributed by atoms with Crippen LogP contribution >= 0.6 is 11.8 Å². The molecule has 168 valence electrons. The second-order valence-electron chi connectivity index (χ2n) is 7.62. The van der Waals surface area contributed by atoms with Crippen LogP contribution in [-0.4, -0.2) is 38.5 Å². The zero-order valence-corrected chi connectivity index (χ0v) is 19.4. The normalized spacial score (nSPS) is 15.5. The predicted octanol–water partition coefficient (Wildman–Crippen LogP) is 3.72. The van der Waals surface area contributed by atoms with Crippen LogP contribution in [-0.2, 0) is 21.4 Å². The molecule has 2 N–H and O–H groups in total. The molecule has 1 atom stereocenters. The Balaban J connectivity index is 1.66. The third kappa shape index (κ3) is 6.98. The summed E-state index contributed by atoms with van der Waals surface area (Å²) < 4.78 is 34.1. The predicted molar refractivity (Wildman–Crippen MR) is 125 cm³/mol. The number of hydrogen-bond donors (Lipinski definition) is 2. The fraction of sp³-hybridized carbons (Fsp3) is 0.435. The fourth-order valence-electron chi connectivity index (χ4n) is 3.59. The lowest BCUT2D eigenvalue weighted by atomic mass is 10.1. The molecule has 3 rings (SSSR count). The second kappa shape index (κ2) is 11.5. The maximum absolute atomic E-state index is 12.9. The van der Waals surface area contributed by atoms with Crippen molar-refractivity contribution in [2.24, 2.45) is 0 Å². The molecule has 2 aromatic rings. The molecule has 1 fully saturated rings. The monoisotopic (exact) mass is 462 g/mol. The molecule has 0 spiro atoms. The maximum Gasteiger partial charge on any atom is 0.241 e.